The molecule has 0 bridgehead atoms. The number of ether oxygens (including phenoxy) is 1. The minimum Gasteiger partial charge on any atom is -0.486 e. The van der Waals surface area contributed by atoms with Crippen molar-refractivity contribution in [1.29, 1.82) is 0 Å². The number of anilines is 1. The number of aryl methyl sites for hydroxylation is 1. The van der Waals surface area contributed by atoms with Crippen molar-refractivity contribution in [2.75, 3.05) is 18.1 Å². The second-order valence-corrected chi connectivity index (χ2v) is 9.56. The lowest BCUT2D eigenvalue weighted by molar-refractivity contribution is -0.122. The standard InChI is InChI=1S/C21H22F2N2O4S/c1-13-5-7-15(8-6-13)30(27,28)24-11-3-4-18(24)21(26)25-14(2)12-29-20-17(25)10-9-16(22)19(20)23/h5-10,14,18H,3-4,11-12H2,1-2H3/t14-,18-/m0/s1. The topological polar surface area (TPSA) is 66.9 Å². The molecule has 30 heavy (non-hydrogen) atoms. The van der Waals surface area contributed by atoms with Gasteiger partial charge in [0, 0.05) is 6.54 Å². The molecule has 6 nitrogen and oxygen atoms in total. The van der Waals surface area contributed by atoms with Gasteiger partial charge in [-0.1, -0.05) is 17.7 Å². The zero-order chi connectivity index (χ0) is 21.6. The van der Waals surface area contributed by atoms with Crippen LogP contribution in [0.2, 0.25) is 0 Å². The Kier molecular flexibility index (Phi) is 5.27. The Hall–Kier alpha value is -2.52. The number of rotatable bonds is 3. The van der Waals surface area contributed by atoms with Gasteiger partial charge in [0.05, 0.1) is 16.6 Å². The predicted molar refractivity (Wildman–Crippen MR) is 107 cm³/mol. The minimum atomic E-state index is -3.88. The molecule has 0 radical (unpaired) electrons. The van der Waals surface area contributed by atoms with Crippen LogP contribution in [0.5, 0.6) is 5.75 Å². The molecule has 2 aliphatic rings. The molecule has 1 fully saturated rings. The summed E-state index contributed by atoms with van der Waals surface area (Å²) in [5, 5.41) is 0. The largest absolute Gasteiger partial charge is 0.486 e. The average molecular weight is 436 g/mol. The summed E-state index contributed by atoms with van der Waals surface area (Å²) in [7, 11) is -3.88. The van der Waals surface area contributed by atoms with Gasteiger partial charge in [0.25, 0.3) is 0 Å². The number of carbonyl (C=O) groups excluding carboxylic acids is 1. The van der Waals surface area contributed by atoms with Crippen LogP contribution in [0.4, 0.5) is 14.5 Å². The summed E-state index contributed by atoms with van der Waals surface area (Å²) in [6, 6.07) is 7.30. The van der Waals surface area contributed by atoms with Gasteiger partial charge in [-0.05, 0) is 51.0 Å². The minimum absolute atomic E-state index is 0.0173. The van der Waals surface area contributed by atoms with Crippen LogP contribution in [0.3, 0.4) is 0 Å². The van der Waals surface area contributed by atoms with E-state index in [0.717, 1.165) is 11.6 Å². The Morgan fingerprint density at radius 3 is 2.53 bits per heavy atom. The molecule has 2 aliphatic heterocycles. The van der Waals surface area contributed by atoms with Crippen molar-refractivity contribution in [1.82, 2.24) is 4.31 Å². The molecule has 4 rings (SSSR count). The van der Waals surface area contributed by atoms with Gasteiger partial charge in [-0.2, -0.15) is 8.70 Å². The molecule has 1 saturated heterocycles. The summed E-state index contributed by atoms with van der Waals surface area (Å²) in [4.78, 5) is 14.9. The fourth-order valence-electron chi connectivity index (χ4n) is 3.98. The first-order chi connectivity index (χ1) is 14.2. The number of halogens is 2. The van der Waals surface area contributed by atoms with E-state index in [2.05, 4.69) is 0 Å². The van der Waals surface area contributed by atoms with Gasteiger partial charge in [0.15, 0.2) is 11.6 Å². The fraction of sp³-hybridized carbons (Fsp3) is 0.381. The molecule has 0 saturated carbocycles. The second kappa shape index (κ2) is 7.63. The van der Waals surface area contributed by atoms with Crippen molar-refractivity contribution in [3.63, 3.8) is 0 Å². The van der Waals surface area contributed by atoms with Gasteiger partial charge in [0.2, 0.25) is 21.7 Å². The Labute approximate surface area is 174 Å². The maximum atomic E-state index is 14.2. The highest BCUT2D eigenvalue weighted by Gasteiger charge is 2.44. The van der Waals surface area contributed by atoms with Crippen molar-refractivity contribution in [3.05, 3.63) is 53.6 Å². The molecular weight excluding hydrogens is 414 g/mol. The molecule has 2 aromatic carbocycles. The quantitative estimate of drug-likeness (QED) is 0.741. The first-order valence-electron chi connectivity index (χ1n) is 9.74. The van der Waals surface area contributed by atoms with E-state index < -0.39 is 39.6 Å². The average Bonchev–Trinajstić information content (AvgIpc) is 3.21. The van der Waals surface area contributed by atoms with Crippen molar-refractivity contribution in [2.45, 2.75) is 43.7 Å². The van der Waals surface area contributed by atoms with Gasteiger partial charge in [-0.15, -0.1) is 0 Å². The molecule has 2 atom stereocenters. The molecule has 0 unspecified atom stereocenters. The Balaban J connectivity index is 1.69. The molecule has 0 N–H and O–H groups in total. The molecule has 9 heteroatoms. The molecule has 160 valence electrons. The Bertz CT molecular complexity index is 1090. The van der Waals surface area contributed by atoms with Gasteiger partial charge < -0.3 is 9.64 Å². The van der Waals surface area contributed by atoms with E-state index in [9.17, 15) is 22.0 Å². The molecule has 2 aromatic rings. The third-order valence-corrected chi connectivity index (χ3v) is 7.47. The summed E-state index contributed by atoms with van der Waals surface area (Å²) < 4.78 is 60.7. The van der Waals surface area contributed by atoms with Crippen LogP contribution in [0.15, 0.2) is 41.3 Å². The number of benzene rings is 2. The van der Waals surface area contributed by atoms with Gasteiger partial charge in [-0.25, -0.2) is 12.8 Å². The van der Waals surface area contributed by atoms with Crippen LogP contribution in [-0.2, 0) is 14.8 Å². The van der Waals surface area contributed by atoms with Crippen molar-refractivity contribution in [2.24, 2.45) is 0 Å². The zero-order valence-electron chi connectivity index (χ0n) is 16.6. The third kappa shape index (κ3) is 3.35. The monoisotopic (exact) mass is 436 g/mol. The summed E-state index contributed by atoms with van der Waals surface area (Å²) in [5.41, 5.74) is 1.04. The van der Waals surface area contributed by atoms with Gasteiger partial charge in [0.1, 0.15) is 12.6 Å². The molecule has 0 aliphatic carbocycles. The van der Waals surface area contributed by atoms with Crippen molar-refractivity contribution < 1.29 is 26.7 Å². The summed E-state index contributed by atoms with van der Waals surface area (Å²) in [5.74, 6) is -3.02. The number of carbonyl (C=O) groups is 1. The molecule has 0 spiro atoms. The van der Waals surface area contributed by atoms with Crippen LogP contribution in [0.1, 0.15) is 25.3 Å². The highest BCUT2D eigenvalue weighted by atomic mass is 32.2. The SMILES string of the molecule is Cc1ccc(S(=O)(=O)N2CCC[C@H]2C(=O)N2c3ccc(F)c(F)c3OC[C@@H]2C)cc1. The van der Waals surface area contributed by atoms with E-state index in [0.29, 0.717) is 12.8 Å². The lowest BCUT2D eigenvalue weighted by atomic mass is 10.1. The second-order valence-electron chi connectivity index (χ2n) is 7.66. The maximum Gasteiger partial charge on any atom is 0.245 e. The smallest absolute Gasteiger partial charge is 0.245 e. The third-order valence-electron chi connectivity index (χ3n) is 5.55. The van der Waals surface area contributed by atoms with Crippen LogP contribution >= 0.6 is 0 Å². The van der Waals surface area contributed by atoms with E-state index in [-0.39, 0.29) is 29.5 Å². The maximum absolute atomic E-state index is 14.2. The van der Waals surface area contributed by atoms with Crippen LogP contribution in [0.25, 0.3) is 0 Å². The summed E-state index contributed by atoms with van der Waals surface area (Å²) >= 11 is 0. The lowest BCUT2D eigenvalue weighted by Gasteiger charge is -2.38. The van der Waals surface area contributed by atoms with E-state index in [1.54, 1.807) is 19.1 Å². The van der Waals surface area contributed by atoms with E-state index in [1.807, 2.05) is 6.92 Å². The van der Waals surface area contributed by atoms with E-state index >= 15 is 0 Å². The lowest BCUT2D eigenvalue weighted by Crippen LogP contribution is -2.53. The highest BCUT2D eigenvalue weighted by Crippen LogP contribution is 2.39. The van der Waals surface area contributed by atoms with Crippen LogP contribution in [-0.4, -0.2) is 43.9 Å². The van der Waals surface area contributed by atoms with Crippen LogP contribution < -0.4 is 9.64 Å². The summed E-state index contributed by atoms with van der Waals surface area (Å²) in [6.45, 7) is 3.78. The van der Waals surface area contributed by atoms with Crippen LogP contribution in [0, 0.1) is 18.6 Å². The molecular formula is C21H22F2N2O4S. The number of nitrogens with zero attached hydrogens (tertiary/aromatic N) is 2. The van der Waals surface area contributed by atoms with Gasteiger partial charge in [-0.3, -0.25) is 4.79 Å². The number of amides is 1. The van der Waals surface area contributed by atoms with E-state index in [4.69, 9.17) is 4.74 Å². The first kappa shape index (κ1) is 20.7. The Morgan fingerprint density at radius 2 is 1.83 bits per heavy atom. The van der Waals surface area contributed by atoms with Gasteiger partial charge >= 0.3 is 0 Å². The van der Waals surface area contributed by atoms with Crippen molar-refractivity contribution >= 4 is 21.6 Å². The first-order valence-corrected chi connectivity index (χ1v) is 11.2. The molecule has 2 heterocycles. The Morgan fingerprint density at radius 1 is 1.13 bits per heavy atom. The number of fused-ring (bicyclic) bond motifs is 1. The van der Waals surface area contributed by atoms with Crippen molar-refractivity contribution in [3.8, 4) is 5.75 Å². The normalized spacial score (nSPS) is 21.9. The number of hydrogen-bond donors (Lipinski definition) is 0. The molecule has 0 aromatic heterocycles. The molecule has 1 amide bonds. The number of hydrogen-bond acceptors (Lipinski definition) is 4. The number of sulfonamides is 1. The highest BCUT2D eigenvalue weighted by molar-refractivity contribution is 7.89. The predicted octanol–water partition coefficient (Wildman–Crippen LogP) is 3.24. The van der Waals surface area contributed by atoms with E-state index in [1.165, 1.54) is 27.4 Å². The summed E-state index contributed by atoms with van der Waals surface area (Å²) in [6.07, 6.45) is 0.887. The fourth-order valence-corrected chi connectivity index (χ4v) is 5.63. The zero-order valence-corrected chi connectivity index (χ0v) is 17.5.